The SMILES string of the molecule is Cc1ccc(C(=O)NC(C)c2nnc3ccccn23)cc1. The zero-order valence-electron chi connectivity index (χ0n) is 11.9. The molecule has 0 fully saturated rings. The zero-order valence-corrected chi connectivity index (χ0v) is 11.9. The number of pyridine rings is 1. The number of hydrogen-bond acceptors (Lipinski definition) is 3. The number of amides is 1. The van der Waals surface area contributed by atoms with E-state index in [1.807, 2.05) is 66.9 Å². The number of carbonyl (C=O) groups excluding carboxylic acids is 1. The number of aryl methyl sites for hydroxylation is 1. The van der Waals surface area contributed by atoms with E-state index in [0.717, 1.165) is 11.2 Å². The average Bonchev–Trinajstić information content (AvgIpc) is 2.92. The van der Waals surface area contributed by atoms with Gasteiger partial charge >= 0.3 is 0 Å². The molecule has 0 aliphatic carbocycles. The van der Waals surface area contributed by atoms with Crippen molar-refractivity contribution >= 4 is 11.6 Å². The van der Waals surface area contributed by atoms with Crippen LogP contribution in [0.4, 0.5) is 0 Å². The molecule has 0 aliphatic rings. The van der Waals surface area contributed by atoms with Crippen molar-refractivity contribution in [2.45, 2.75) is 19.9 Å². The summed E-state index contributed by atoms with van der Waals surface area (Å²) in [5, 5.41) is 11.2. The van der Waals surface area contributed by atoms with Gasteiger partial charge in [0.25, 0.3) is 5.91 Å². The lowest BCUT2D eigenvalue weighted by Crippen LogP contribution is -2.27. The highest BCUT2D eigenvalue weighted by atomic mass is 16.1. The number of nitrogens with zero attached hydrogens (tertiary/aromatic N) is 3. The Labute approximate surface area is 122 Å². The summed E-state index contributed by atoms with van der Waals surface area (Å²) in [7, 11) is 0. The number of carbonyl (C=O) groups is 1. The Morgan fingerprint density at radius 1 is 1.14 bits per heavy atom. The first-order chi connectivity index (χ1) is 10.1. The first-order valence-electron chi connectivity index (χ1n) is 6.82. The minimum absolute atomic E-state index is 0.116. The van der Waals surface area contributed by atoms with Crippen LogP contribution in [0.1, 0.15) is 34.7 Å². The second kappa shape index (κ2) is 5.36. The maximum absolute atomic E-state index is 12.2. The van der Waals surface area contributed by atoms with Crippen LogP contribution in [0.2, 0.25) is 0 Å². The van der Waals surface area contributed by atoms with Gasteiger partial charge in [-0.05, 0) is 38.1 Å². The molecule has 0 radical (unpaired) electrons. The van der Waals surface area contributed by atoms with Gasteiger partial charge in [0.2, 0.25) is 0 Å². The summed E-state index contributed by atoms with van der Waals surface area (Å²) in [4.78, 5) is 12.2. The van der Waals surface area contributed by atoms with Crippen molar-refractivity contribution < 1.29 is 4.79 Å². The molecule has 0 spiro atoms. The summed E-state index contributed by atoms with van der Waals surface area (Å²) >= 11 is 0. The minimum Gasteiger partial charge on any atom is -0.342 e. The van der Waals surface area contributed by atoms with Crippen molar-refractivity contribution in [2.75, 3.05) is 0 Å². The Morgan fingerprint density at radius 2 is 1.90 bits per heavy atom. The van der Waals surface area contributed by atoms with E-state index < -0.39 is 0 Å². The molecular weight excluding hydrogens is 264 g/mol. The second-order valence-corrected chi connectivity index (χ2v) is 5.05. The molecule has 0 saturated heterocycles. The molecule has 1 atom stereocenters. The normalized spacial score (nSPS) is 12.3. The fourth-order valence-corrected chi connectivity index (χ4v) is 2.20. The van der Waals surface area contributed by atoms with Gasteiger partial charge in [-0.3, -0.25) is 9.20 Å². The van der Waals surface area contributed by atoms with Gasteiger partial charge < -0.3 is 5.32 Å². The third kappa shape index (κ3) is 2.63. The van der Waals surface area contributed by atoms with Crippen LogP contribution in [0.5, 0.6) is 0 Å². The topological polar surface area (TPSA) is 59.3 Å². The van der Waals surface area contributed by atoms with Crippen LogP contribution in [-0.2, 0) is 0 Å². The van der Waals surface area contributed by atoms with Crippen molar-refractivity contribution in [2.24, 2.45) is 0 Å². The molecule has 1 aromatic carbocycles. The van der Waals surface area contributed by atoms with Crippen LogP contribution in [0.15, 0.2) is 48.7 Å². The Bertz CT molecular complexity index is 776. The van der Waals surface area contributed by atoms with Crippen molar-refractivity contribution in [1.82, 2.24) is 19.9 Å². The number of benzene rings is 1. The maximum Gasteiger partial charge on any atom is 0.251 e. The predicted octanol–water partition coefficient (Wildman–Crippen LogP) is 2.53. The Balaban J connectivity index is 1.81. The number of fused-ring (bicyclic) bond motifs is 1. The maximum atomic E-state index is 12.2. The molecule has 1 N–H and O–H groups in total. The van der Waals surface area contributed by atoms with Gasteiger partial charge in [-0.1, -0.05) is 23.8 Å². The summed E-state index contributed by atoms with van der Waals surface area (Å²) in [6.07, 6.45) is 1.89. The quantitative estimate of drug-likeness (QED) is 0.802. The molecule has 5 nitrogen and oxygen atoms in total. The Morgan fingerprint density at radius 3 is 2.67 bits per heavy atom. The minimum atomic E-state index is -0.226. The summed E-state index contributed by atoms with van der Waals surface area (Å²) in [5.74, 6) is 0.598. The second-order valence-electron chi connectivity index (χ2n) is 5.05. The van der Waals surface area contributed by atoms with Gasteiger partial charge in [0, 0.05) is 11.8 Å². The summed E-state index contributed by atoms with van der Waals surface area (Å²) in [6.45, 7) is 3.89. The van der Waals surface area contributed by atoms with Crippen LogP contribution in [0.25, 0.3) is 5.65 Å². The van der Waals surface area contributed by atoms with Crippen LogP contribution in [-0.4, -0.2) is 20.5 Å². The van der Waals surface area contributed by atoms with Crippen molar-refractivity contribution in [3.63, 3.8) is 0 Å². The van der Waals surface area contributed by atoms with E-state index in [9.17, 15) is 4.79 Å². The van der Waals surface area contributed by atoms with Crippen molar-refractivity contribution in [3.8, 4) is 0 Å². The molecule has 1 unspecified atom stereocenters. The first kappa shape index (κ1) is 13.3. The van der Waals surface area contributed by atoms with E-state index in [4.69, 9.17) is 0 Å². The average molecular weight is 280 g/mol. The van der Waals surface area contributed by atoms with Gasteiger partial charge in [-0.2, -0.15) is 0 Å². The Kier molecular flexibility index (Phi) is 3.39. The molecular formula is C16H16N4O. The van der Waals surface area contributed by atoms with Gasteiger partial charge in [0.15, 0.2) is 11.5 Å². The number of nitrogens with one attached hydrogen (secondary N) is 1. The zero-order chi connectivity index (χ0) is 14.8. The van der Waals surface area contributed by atoms with E-state index in [2.05, 4.69) is 15.5 Å². The largest absolute Gasteiger partial charge is 0.342 e. The van der Waals surface area contributed by atoms with Crippen LogP contribution >= 0.6 is 0 Å². The van der Waals surface area contributed by atoms with Gasteiger partial charge in [0.1, 0.15) is 0 Å². The third-order valence-corrected chi connectivity index (χ3v) is 3.39. The predicted molar refractivity (Wildman–Crippen MR) is 80.0 cm³/mol. The van der Waals surface area contributed by atoms with E-state index in [0.29, 0.717) is 11.4 Å². The highest BCUT2D eigenvalue weighted by Gasteiger charge is 2.16. The molecule has 3 rings (SSSR count). The molecule has 2 aromatic heterocycles. The highest BCUT2D eigenvalue weighted by Crippen LogP contribution is 2.13. The van der Waals surface area contributed by atoms with E-state index >= 15 is 0 Å². The monoisotopic (exact) mass is 280 g/mol. The molecule has 106 valence electrons. The lowest BCUT2D eigenvalue weighted by atomic mass is 10.1. The lowest BCUT2D eigenvalue weighted by molar-refractivity contribution is 0.0938. The third-order valence-electron chi connectivity index (χ3n) is 3.39. The van der Waals surface area contributed by atoms with Gasteiger partial charge in [-0.15, -0.1) is 10.2 Å². The molecule has 0 saturated carbocycles. The van der Waals surface area contributed by atoms with E-state index in [1.165, 1.54) is 0 Å². The van der Waals surface area contributed by atoms with Gasteiger partial charge in [0.05, 0.1) is 6.04 Å². The summed E-state index contributed by atoms with van der Waals surface area (Å²) in [6, 6.07) is 13.0. The number of aromatic nitrogens is 3. The molecule has 0 bridgehead atoms. The lowest BCUT2D eigenvalue weighted by Gasteiger charge is -2.12. The fourth-order valence-electron chi connectivity index (χ4n) is 2.20. The molecule has 3 aromatic rings. The first-order valence-corrected chi connectivity index (χ1v) is 6.82. The molecule has 0 aliphatic heterocycles. The summed E-state index contributed by atoms with van der Waals surface area (Å²) in [5.41, 5.74) is 2.54. The van der Waals surface area contributed by atoms with Gasteiger partial charge in [-0.25, -0.2) is 0 Å². The van der Waals surface area contributed by atoms with E-state index in [1.54, 1.807) is 0 Å². The summed E-state index contributed by atoms with van der Waals surface area (Å²) < 4.78 is 1.88. The van der Waals surface area contributed by atoms with Crippen molar-refractivity contribution in [1.29, 1.82) is 0 Å². The molecule has 1 amide bonds. The number of hydrogen-bond donors (Lipinski definition) is 1. The van der Waals surface area contributed by atoms with Crippen LogP contribution in [0, 0.1) is 6.92 Å². The fraction of sp³-hybridized carbons (Fsp3) is 0.188. The molecule has 21 heavy (non-hydrogen) atoms. The molecule has 5 heteroatoms. The van der Waals surface area contributed by atoms with Crippen molar-refractivity contribution in [3.05, 3.63) is 65.6 Å². The van der Waals surface area contributed by atoms with Crippen LogP contribution in [0.3, 0.4) is 0 Å². The smallest absolute Gasteiger partial charge is 0.251 e. The molecule has 2 heterocycles. The number of rotatable bonds is 3. The van der Waals surface area contributed by atoms with E-state index in [-0.39, 0.29) is 11.9 Å². The standard InChI is InChI=1S/C16H16N4O/c1-11-6-8-13(9-7-11)16(21)17-12(2)15-19-18-14-5-3-4-10-20(14)15/h3-10,12H,1-2H3,(H,17,21). The highest BCUT2D eigenvalue weighted by molar-refractivity contribution is 5.94. The Hall–Kier alpha value is -2.69. The van der Waals surface area contributed by atoms with Crippen LogP contribution < -0.4 is 5.32 Å².